The highest BCUT2D eigenvalue weighted by atomic mass is 16.5. The molecule has 4 heteroatoms. The molecule has 92 valence electrons. The summed E-state index contributed by atoms with van der Waals surface area (Å²) >= 11 is 0. The summed E-state index contributed by atoms with van der Waals surface area (Å²) in [5.74, 6) is 0.0792. The lowest BCUT2D eigenvalue weighted by molar-refractivity contribution is -0.122. The Hall–Kier alpha value is -0.870. The molecule has 0 aliphatic carbocycles. The van der Waals surface area contributed by atoms with Gasteiger partial charge in [-0.05, 0) is 19.4 Å². The van der Waals surface area contributed by atoms with E-state index in [1.165, 1.54) is 5.57 Å². The molecule has 0 saturated carbocycles. The minimum atomic E-state index is 0.0792. The van der Waals surface area contributed by atoms with E-state index >= 15 is 0 Å². The molecular formula is C12H22N2O2. The average Bonchev–Trinajstić information content (AvgIpc) is 2.33. The van der Waals surface area contributed by atoms with Gasteiger partial charge in [0.25, 0.3) is 0 Å². The largest absolute Gasteiger partial charge is 0.381 e. The first-order valence-corrected chi connectivity index (χ1v) is 6.06. The molecule has 0 bridgehead atoms. The zero-order valence-electron chi connectivity index (χ0n) is 10.1. The molecule has 1 rings (SSSR count). The van der Waals surface area contributed by atoms with Gasteiger partial charge in [-0.15, -0.1) is 0 Å². The molecule has 1 aliphatic rings. The summed E-state index contributed by atoms with van der Waals surface area (Å²) in [5, 5.41) is 6.16. The maximum absolute atomic E-state index is 11.4. The highest BCUT2D eigenvalue weighted by molar-refractivity contribution is 5.76. The number of carbonyl (C=O) groups is 1. The van der Waals surface area contributed by atoms with E-state index in [1.54, 1.807) is 0 Å². The number of rotatable bonds is 7. The first kappa shape index (κ1) is 13.2. The van der Waals surface area contributed by atoms with Gasteiger partial charge in [-0.3, -0.25) is 4.79 Å². The average molecular weight is 226 g/mol. The molecular weight excluding hydrogens is 204 g/mol. The maximum atomic E-state index is 11.4. The summed E-state index contributed by atoms with van der Waals surface area (Å²) in [6.45, 7) is 5.95. The van der Waals surface area contributed by atoms with Crippen LogP contribution in [0.4, 0.5) is 0 Å². The van der Waals surface area contributed by atoms with Crippen molar-refractivity contribution in [2.75, 3.05) is 32.8 Å². The first-order chi connectivity index (χ1) is 7.83. The van der Waals surface area contributed by atoms with Gasteiger partial charge >= 0.3 is 0 Å². The molecule has 1 amide bonds. The Labute approximate surface area is 97.4 Å². The van der Waals surface area contributed by atoms with Crippen molar-refractivity contribution in [3.63, 3.8) is 0 Å². The Morgan fingerprint density at radius 3 is 3.12 bits per heavy atom. The summed E-state index contributed by atoms with van der Waals surface area (Å²) in [4.78, 5) is 11.4. The van der Waals surface area contributed by atoms with Crippen LogP contribution in [-0.4, -0.2) is 38.8 Å². The van der Waals surface area contributed by atoms with Crippen LogP contribution in [0.1, 0.15) is 26.2 Å². The zero-order valence-corrected chi connectivity index (χ0v) is 10.1. The third-order valence-electron chi connectivity index (χ3n) is 2.49. The SMILES string of the molecule is CCCOCCC(=O)NCC1=CCNCC1. The number of nitrogens with one attached hydrogen (secondary N) is 2. The molecule has 4 nitrogen and oxygen atoms in total. The van der Waals surface area contributed by atoms with E-state index in [-0.39, 0.29) is 5.91 Å². The fourth-order valence-corrected chi connectivity index (χ4v) is 1.54. The van der Waals surface area contributed by atoms with E-state index < -0.39 is 0 Å². The molecule has 0 aromatic rings. The highest BCUT2D eigenvalue weighted by Gasteiger charge is 2.05. The van der Waals surface area contributed by atoms with Crippen LogP contribution in [0.15, 0.2) is 11.6 Å². The minimum absolute atomic E-state index is 0.0792. The van der Waals surface area contributed by atoms with Crippen molar-refractivity contribution in [3.05, 3.63) is 11.6 Å². The number of ether oxygens (including phenoxy) is 1. The summed E-state index contributed by atoms with van der Waals surface area (Å²) in [6, 6.07) is 0. The lowest BCUT2D eigenvalue weighted by Crippen LogP contribution is -2.30. The lowest BCUT2D eigenvalue weighted by atomic mass is 10.1. The second kappa shape index (κ2) is 8.30. The molecule has 0 atom stereocenters. The Balaban J connectivity index is 2.03. The summed E-state index contributed by atoms with van der Waals surface area (Å²) in [7, 11) is 0. The lowest BCUT2D eigenvalue weighted by Gasteiger charge is -2.14. The van der Waals surface area contributed by atoms with Gasteiger partial charge in [-0.25, -0.2) is 0 Å². The summed E-state index contributed by atoms with van der Waals surface area (Å²) < 4.78 is 5.26. The number of hydrogen-bond donors (Lipinski definition) is 2. The van der Waals surface area contributed by atoms with Gasteiger partial charge < -0.3 is 15.4 Å². The Morgan fingerprint density at radius 2 is 2.44 bits per heavy atom. The Kier molecular flexibility index (Phi) is 6.85. The zero-order chi connectivity index (χ0) is 11.6. The molecule has 0 unspecified atom stereocenters. The molecule has 0 spiro atoms. The predicted molar refractivity (Wildman–Crippen MR) is 64.3 cm³/mol. The van der Waals surface area contributed by atoms with E-state index in [2.05, 4.69) is 23.6 Å². The molecule has 0 saturated heterocycles. The van der Waals surface area contributed by atoms with Gasteiger partial charge in [0.1, 0.15) is 0 Å². The third-order valence-corrected chi connectivity index (χ3v) is 2.49. The highest BCUT2D eigenvalue weighted by Crippen LogP contribution is 2.02. The van der Waals surface area contributed by atoms with Crippen molar-refractivity contribution in [1.29, 1.82) is 0 Å². The summed E-state index contributed by atoms with van der Waals surface area (Å²) in [5.41, 5.74) is 1.32. The third kappa shape index (κ3) is 5.88. The van der Waals surface area contributed by atoms with Crippen molar-refractivity contribution in [2.24, 2.45) is 0 Å². The minimum Gasteiger partial charge on any atom is -0.381 e. The van der Waals surface area contributed by atoms with Crippen LogP contribution in [0.3, 0.4) is 0 Å². The molecule has 0 aromatic heterocycles. The maximum Gasteiger partial charge on any atom is 0.222 e. The van der Waals surface area contributed by atoms with E-state index in [4.69, 9.17) is 4.74 Å². The van der Waals surface area contributed by atoms with Gasteiger partial charge in [-0.2, -0.15) is 0 Å². The first-order valence-electron chi connectivity index (χ1n) is 6.06. The van der Waals surface area contributed by atoms with Crippen molar-refractivity contribution in [1.82, 2.24) is 10.6 Å². The molecule has 0 aromatic carbocycles. The quantitative estimate of drug-likeness (QED) is 0.499. The van der Waals surface area contributed by atoms with Crippen LogP contribution in [0.5, 0.6) is 0 Å². The van der Waals surface area contributed by atoms with E-state index in [1.807, 2.05) is 0 Å². The van der Waals surface area contributed by atoms with Crippen LogP contribution in [-0.2, 0) is 9.53 Å². The molecule has 1 heterocycles. The molecule has 0 fully saturated rings. The van der Waals surface area contributed by atoms with Crippen LogP contribution >= 0.6 is 0 Å². The molecule has 0 radical (unpaired) electrons. The second-order valence-corrected chi connectivity index (χ2v) is 3.96. The van der Waals surface area contributed by atoms with Crippen LogP contribution in [0.25, 0.3) is 0 Å². The normalized spacial score (nSPS) is 15.7. The van der Waals surface area contributed by atoms with Gasteiger partial charge in [0.05, 0.1) is 6.61 Å². The topological polar surface area (TPSA) is 50.4 Å². The Morgan fingerprint density at radius 1 is 1.56 bits per heavy atom. The predicted octanol–water partition coefficient (Wildman–Crippen LogP) is 0.839. The van der Waals surface area contributed by atoms with E-state index in [0.29, 0.717) is 19.6 Å². The number of amides is 1. The second-order valence-electron chi connectivity index (χ2n) is 3.96. The Bertz CT molecular complexity index is 239. The van der Waals surface area contributed by atoms with Gasteiger partial charge in [0.15, 0.2) is 0 Å². The fraction of sp³-hybridized carbons (Fsp3) is 0.750. The van der Waals surface area contributed by atoms with Crippen molar-refractivity contribution < 1.29 is 9.53 Å². The van der Waals surface area contributed by atoms with Gasteiger partial charge in [0.2, 0.25) is 5.91 Å². The van der Waals surface area contributed by atoms with Gasteiger partial charge in [-0.1, -0.05) is 18.6 Å². The fourth-order valence-electron chi connectivity index (χ4n) is 1.54. The van der Waals surface area contributed by atoms with Crippen LogP contribution < -0.4 is 10.6 Å². The van der Waals surface area contributed by atoms with Crippen molar-refractivity contribution in [3.8, 4) is 0 Å². The van der Waals surface area contributed by atoms with Crippen LogP contribution in [0, 0.1) is 0 Å². The van der Waals surface area contributed by atoms with Crippen molar-refractivity contribution >= 4 is 5.91 Å². The van der Waals surface area contributed by atoms with Crippen LogP contribution in [0.2, 0.25) is 0 Å². The molecule has 1 aliphatic heterocycles. The van der Waals surface area contributed by atoms with Crippen molar-refractivity contribution in [2.45, 2.75) is 26.2 Å². The van der Waals surface area contributed by atoms with Gasteiger partial charge in [0, 0.05) is 26.1 Å². The smallest absolute Gasteiger partial charge is 0.222 e. The van der Waals surface area contributed by atoms with E-state index in [0.717, 1.165) is 32.5 Å². The molecule has 16 heavy (non-hydrogen) atoms. The monoisotopic (exact) mass is 226 g/mol. The number of carbonyl (C=O) groups excluding carboxylic acids is 1. The molecule has 2 N–H and O–H groups in total. The standard InChI is InChI=1S/C12H22N2O2/c1-2-8-16-9-5-12(15)14-10-11-3-6-13-7-4-11/h3,13H,2,4-10H2,1H3,(H,14,15). The number of hydrogen-bond acceptors (Lipinski definition) is 3. The van der Waals surface area contributed by atoms with E-state index in [9.17, 15) is 4.79 Å². The summed E-state index contributed by atoms with van der Waals surface area (Å²) in [6.07, 6.45) is 4.65.